The molecular formula is C26H35N3O. The number of carbonyl (C=O) groups is 1. The number of para-hydroxylation sites is 1. The normalized spacial score (nSPS) is 17.7. The van der Waals surface area contributed by atoms with Crippen molar-refractivity contribution in [2.24, 2.45) is 0 Å². The van der Waals surface area contributed by atoms with Gasteiger partial charge in [0.2, 0.25) is 5.91 Å². The second-order valence-electron chi connectivity index (χ2n) is 8.21. The first-order valence-corrected chi connectivity index (χ1v) is 11.2. The van der Waals surface area contributed by atoms with Crippen LogP contribution in [0.15, 0.2) is 60.7 Å². The number of nitrogens with zero attached hydrogens (tertiary/aromatic N) is 2. The topological polar surface area (TPSA) is 35.6 Å². The third-order valence-electron chi connectivity index (χ3n) is 6.17. The van der Waals surface area contributed by atoms with E-state index >= 15 is 0 Å². The van der Waals surface area contributed by atoms with Crippen molar-refractivity contribution >= 4 is 17.7 Å². The summed E-state index contributed by atoms with van der Waals surface area (Å²) in [7, 11) is 0. The molecule has 0 aromatic heterocycles. The van der Waals surface area contributed by atoms with Crippen molar-refractivity contribution in [3.63, 3.8) is 0 Å². The van der Waals surface area contributed by atoms with E-state index in [2.05, 4.69) is 71.4 Å². The third-order valence-corrected chi connectivity index (χ3v) is 6.17. The SMILES string of the molecule is CC[C@@H](C)c1ccccc1NC(=O)[C@@H](C)N1CCN(C/C=C/c2ccccc2)CC1. The first kappa shape index (κ1) is 22.3. The Morgan fingerprint density at radius 1 is 1.00 bits per heavy atom. The molecule has 2 atom stereocenters. The fourth-order valence-corrected chi connectivity index (χ4v) is 3.90. The fraction of sp³-hybridized carbons (Fsp3) is 0.423. The molecular weight excluding hydrogens is 370 g/mol. The largest absolute Gasteiger partial charge is 0.324 e. The molecule has 1 amide bonds. The number of amides is 1. The van der Waals surface area contributed by atoms with Crippen LogP contribution in [0.1, 0.15) is 44.2 Å². The lowest BCUT2D eigenvalue weighted by atomic mass is 9.97. The van der Waals surface area contributed by atoms with Crippen LogP contribution in [0.4, 0.5) is 5.69 Å². The first-order chi connectivity index (χ1) is 14.6. The highest BCUT2D eigenvalue weighted by Gasteiger charge is 2.25. The Morgan fingerprint density at radius 2 is 1.67 bits per heavy atom. The lowest BCUT2D eigenvalue weighted by Crippen LogP contribution is -2.52. The highest BCUT2D eigenvalue weighted by molar-refractivity contribution is 5.95. The van der Waals surface area contributed by atoms with Crippen LogP contribution in [-0.2, 0) is 4.79 Å². The first-order valence-electron chi connectivity index (χ1n) is 11.2. The summed E-state index contributed by atoms with van der Waals surface area (Å²) in [6.07, 6.45) is 5.47. The molecule has 2 aromatic carbocycles. The second-order valence-corrected chi connectivity index (χ2v) is 8.21. The molecule has 2 aromatic rings. The van der Waals surface area contributed by atoms with E-state index in [0.29, 0.717) is 5.92 Å². The predicted molar refractivity (Wildman–Crippen MR) is 127 cm³/mol. The van der Waals surface area contributed by atoms with Crippen molar-refractivity contribution < 1.29 is 4.79 Å². The molecule has 1 N–H and O–H groups in total. The quantitative estimate of drug-likeness (QED) is 0.681. The smallest absolute Gasteiger partial charge is 0.241 e. The molecule has 30 heavy (non-hydrogen) atoms. The number of anilines is 1. The molecule has 1 saturated heterocycles. The van der Waals surface area contributed by atoms with Crippen molar-refractivity contribution in [1.82, 2.24) is 9.80 Å². The number of benzene rings is 2. The fourth-order valence-electron chi connectivity index (χ4n) is 3.90. The van der Waals surface area contributed by atoms with Crippen molar-refractivity contribution in [2.45, 2.75) is 39.2 Å². The van der Waals surface area contributed by atoms with E-state index in [9.17, 15) is 4.79 Å². The molecule has 0 aliphatic carbocycles. The van der Waals surface area contributed by atoms with Gasteiger partial charge >= 0.3 is 0 Å². The van der Waals surface area contributed by atoms with Crippen molar-refractivity contribution in [3.05, 3.63) is 71.8 Å². The van der Waals surface area contributed by atoms with Crippen LogP contribution >= 0.6 is 0 Å². The summed E-state index contributed by atoms with van der Waals surface area (Å²) in [6, 6.07) is 18.5. The average Bonchev–Trinajstić information content (AvgIpc) is 2.79. The Hall–Kier alpha value is -2.43. The minimum atomic E-state index is -0.128. The van der Waals surface area contributed by atoms with E-state index in [-0.39, 0.29) is 11.9 Å². The van der Waals surface area contributed by atoms with Gasteiger partial charge in [0.25, 0.3) is 0 Å². The van der Waals surface area contributed by atoms with Gasteiger partial charge in [-0.1, -0.05) is 74.5 Å². The predicted octanol–water partition coefficient (Wildman–Crippen LogP) is 4.86. The summed E-state index contributed by atoms with van der Waals surface area (Å²) in [6.45, 7) is 11.2. The van der Waals surface area contributed by atoms with Crippen LogP contribution in [0.3, 0.4) is 0 Å². The van der Waals surface area contributed by atoms with E-state index < -0.39 is 0 Å². The maximum absolute atomic E-state index is 12.9. The monoisotopic (exact) mass is 405 g/mol. The van der Waals surface area contributed by atoms with Crippen LogP contribution < -0.4 is 5.32 Å². The molecule has 1 aliphatic heterocycles. The zero-order valence-electron chi connectivity index (χ0n) is 18.6. The molecule has 0 radical (unpaired) electrons. The maximum atomic E-state index is 12.9. The van der Waals surface area contributed by atoms with Crippen molar-refractivity contribution in [1.29, 1.82) is 0 Å². The Bertz CT molecular complexity index is 825. The van der Waals surface area contributed by atoms with Gasteiger partial charge in [-0.25, -0.2) is 0 Å². The molecule has 4 heteroatoms. The van der Waals surface area contributed by atoms with Gasteiger partial charge in [0, 0.05) is 38.4 Å². The standard InChI is InChI=1S/C26H35N3O/c1-4-21(2)24-14-8-9-15-25(24)27-26(30)22(3)29-19-17-28(18-20-29)16-10-13-23-11-6-5-7-12-23/h5-15,21-22H,4,16-20H2,1-3H3,(H,27,30)/b13-10+/t21-,22-/m1/s1. The van der Waals surface area contributed by atoms with E-state index in [0.717, 1.165) is 44.8 Å². The number of hydrogen-bond acceptors (Lipinski definition) is 3. The van der Waals surface area contributed by atoms with E-state index in [1.54, 1.807) is 0 Å². The van der Waals surface area contributed by atoms with Crippen LogP contribution in [0.5, 0.6) is 0 Å². The lowest BCUT2D eigenvalue weighted by molar-refractivity contribution is -0.121. The van der Waals surface area contributed by atoms with Gasteiger partial charge in [-0.2, -0.15) is 0 Å². The summed E-state index contributed by atoms with van der Waals surface area (Å²) in [5.74, 6) is 0.521. The minimum Gasteiger partial charge on any atom is -0.324 e. The van der Waals surface area contributed by atoms with Gasteiger partial charge in [-0.3, -0.25) is 14.6 Å². The zero-order chi connectivity index (χ0) is 21.3. The number of carbonyl (C=O) groups excluding carboxylic acids is 1. The van der Waals surface area contributed by atoms with Crippen LogP contribution in [-0.4, -0.2) is 54.5 Å². The van der Waals surface area contributed by atoms with Gasteiger partial charge in [0.1, 0.15) is 0 Å². The Morgan fingerprint density at radius 3 is 2.37 bits per heavy atom. The molecule has 0 unspecified atom stereocenters. The van der Waals surface area contributed by atoms with Crippen LogP contribution in [0.2, 0.25) is 0 Å². The van der Waals surface area contributed by atoms with Gasteiger partial charge in [0.15, 0.2) is 0 Å². The van der Waals surface area contributed by atoms with Crippen molar-refractivity contribution in [2.75, 3.05) is 38.0 Å². The minimum absolute atomic E-state index is 0.0863. The summed E-state index contributed by atoms with van der Waals surface area (Å²) < 4.78 is 0. The number of hydrogen-bond donors (Lipinski definition) is 1. The van der Waals surface area contributed by atoms with Crippen molar-refractivity contribution in [3.8, 4) is 0 Å². The van der Waals surface area contributed by atoms with Crippen LogP contribution in [0.25, 0.3) is 6.08 Å². The summed E-state index contributed by atoms with van der Waals surface area (Å²) in [5.41, 5.74) is 3.41. The summed E-state index contributed by atoms with van der Waals surface area (Å²) in [5, 5.41) is 3.18. The van der Waals surface area contributed by atoms with Crippen LogP contribution in [0, 0.1) is 0 Å². The molecule has 4 nitrogen and oxygen atoms in total. The highest BCUT2D eigenvalue weighted by Crippen LogP contribution is 2.26. The van der Waals surface area contributed by atoms with E-state index in [1.807, 2.05) is 31.2 Å². The molecule has 1 heterocycles. The second kappa shape index (κ2) is 11.1. The Balaban J connectivity index is 1.48. The molecule has 160 valence electrons. The number of piperazine rings is 1. The van der Waals surface area contributed by atoms with E-state index in [1.165, 1.54) is 11.1 Å². The molecule has 0 spiro atoms. The van der Waals surface area contributed by atoms with Gasteiger partial charge in [-0.15, -0.1) is 0 Å². The maximum Gasteiger partial charge on any atom is 0.241 e. The number of nitrogens with one attached hydrogen (secondary N) is 1. The molecule has 0 bridgehead atoms. The molecule has 3 rings (SSSR count). The third kappa shape index (κ3) is 6.04. The highest BCUT2D eigenvalue weighted by atomic mass is 16.2. The Labute approximate surface area is 181 Å². The molecule has 1 fully saturated rings. The summed E-state index contributed by atoms with van der Waals surface area (Å²) >= 11 is 0. The average molecular weight is 406 g/mol. The molecule has 0 saturated carbocycles. The van der Waals surface area contributed by atoms with Gasteiger partial charge in [0.05, 0.1) is 6.04 Å². The lowest BCUT2D eigenvalue weighted by Gasteiger charge is -2.37. The molecule has 1 aliphatic rings. The van der Waals surface area contributed by atoms with Gasteiger partial charge in [-0.05, 0) is 36.5 Å². The van der Waals surface area contributed by atoms with Gasteiger partial charge < -0.3 is 5.32 Å². The Kier molecular flexibility index (Phi) is 8.23. The zero-order valence-corrected chi connectivity index (χ0v) is 18.6. The van der Waals surface area contributed by atoms with E-state index in [4.69, 9.17) is 0 Å². The summed E-state index contributed by atoms with van der Waals surface area (Å²) in [4.78, 5) is 17.6. The number of rotatable bonds is 8.